The van der Waals surface area contributed by atoms with Gasteiger partial charge in [-0.1, -0.05) is 50.6 Å². The minimum absolute atomic E-state index is 0.0863. The highest BCUT2D eigenvalue weighted by Gasteiger charge is 2.32. The lowest BCUT2D eigenvalue weighted by molar-refractivity contribution is -0.119. The van der Waals surface area contributed by atoms with E-state index in [2.05, 4.69) is 16.0 Å². The van der Waals surface area contributed by atoms with E-state index in [0.717, 1.165) is 5.56 Å². The van der Waals surface area contributed by atoms with Gasteiger partial charge >= 0.3 is 6.03 Å². The number of amides is 4. The predicted octanol–water partition coefficient (Wildman–Crippen LogP) is 3.52. The van der Waals surface area contributed by atoms with Crippen molar-refractivity contribution < 1.29 is 14.4 Å². The van der Waals surface area contributed by atoms with E-state index < -0.39 is 12.1 Å². The Morgan fingerprint density at radius 1 is 1.14 bits per heavy atom. The van der Waals surface area contributed by atoms with Gasteiger partial charge in [-0.15, -0.1) is 0 Å². The normalized spacial score (nSPS) is 15.0. The SMILES string of the molecule is CC[C@@H](C)[C@H](NC(=O)N1CC(=O)Nc2ccccc21)C(=O)Nc1ccccc1C. The minimum Gasteiger partial charge on any atom is -0.326 e. The van der Waals surface area contributed by atoms with E-state index in [1.807, 2.05) is 45.0 Å². The Bertz CT molecular complexity index is 928. The van der Waals surface area contributed by atoms with E-state index in [9.17, 15) is 14.4 Å². The average Bonchev–Trinajstić information content (AvgIpc) is 2.72. The lowest BCUT2D eigenvalue weighted by Crippen LogP contribution is -2.54. The summed E-state index contributed by atoms with van der Waals surface area (Å²) in [5.74, 6) is -0.642. The van der Waals surface area contributed by atoms with Gasteiger partial charge in [-0.3, -0.25) is 14.5 Å². The molecule has 2 aromatic rings. The molecule has 3 rings (SSSR count). The number of carbonyl (C=O) groups is 3. The predicted molar refractivity (Wildman–Crippen MR) is 114 cm³/mol. The van der Waals surface area contributed by atoms with Crippen LogP contribution in [0.3, 0.4) is 0 Å². The average molecular weight is 394 g/mol. The third-order valence-corrected chi connectivity index (χ3v) is 5.19. The second-order valence-corrected chi connectivity index (χ2v) is 7.27. The zero-order valence-corrected chi connectivity index (χ0v) is 16.9. The van der Waals surface area contributed by atoms with Crippen molar-refractivity contribution >= 4 is 34.9 Å². The van der Waals surface area contributed by atoms with Crippen molar-refractivity contribution in [3.63, 3.8) is 0 Å². The summed E-state index contributed by atoms with van der Waals surface area (Å²) in [4.78, 5) is 39.4. The first-order valence-corrected chi connectivity index (χ1v) is 9.74. The van der Waals surface area contributed by atoms with Crippen LogP contribution in [-0.4, -0.2) is 30.4 Å². The van der Waals surface area contributed by atoms with Crippen LogP contribution >= 0.6 is 0 Å². The van der Waals surface area contributed by atoms with E-state index in [0.29, 0.717) is 23.5 Å². The van der Waals surface area contributed by atoms with Crippen LogP contribution in [0.2, 0.25) is 0 Å². The Morgan fingerprint density at radius 2 is 1.83 bits per heavy atom. The number of para-hydroxylation sites is 3. The molecule has 0 spiro atoms. The van der Waals surface area contributed by atoms with Crippen LogP contribution in [0.25, 0.3) is 0 Å². The topological polar surface area (TPSA) is 90.5 Å². The van der Waals surface area contributed by atoms with Crippen molar-refractivity contribution in [1.82, 2.24) is 5.32 Å². The van der Waals surface area contributed by atoms with Crippen molar-refractivity contribution in [3.05, 3.63) is 54.1 Å². The van der Waals surface area contributed by atoms with Gasteiger partial charge in [-0.2, -0.15) is 0 Å². The third kappa shape index (κ3) is 4.56. The van der Waals surface area contributed by atoms with E-state index in [1.54, 1.807) is 24.3 Å². The lowest BCUT2D eigenvalue weighted by Gasteiger charge is -2.32. The molecule has 0 radical (unpaired) electrons. The smallest absolute Gasteiger partial charge is 0.323 e. The number of aryl methyl sites for hydroxylation is 1. The Morgan fingerprint density at radius 3 is 2.55 bits per heavy atom. The fraction of sp³-hybridized carbons (Fsp3) is 0.318. The number of urea groups is 1. The first kappa shape index (κ1) is 20.4. The van der Waals surface area contributed by atoms with Gasteiger partial charge in [0.1, 0.15) is 12.6 Å². The van der Waals surface area contributed by atoms with Gasteiger partial charge in [0.05, 0.1) is 11.4 Å². The highest BCUT2D eigenvalue weighted by molar-refractivity contribution is 6.10. The molecule has 29 heavy (non-hydrogen) atoms. The largest absolute Gasteiger partial charge is 0.326 e. The van der Waals surface area contributed by atoms with Crippen LogP contribution in [0, 0.1) is 12.8 Å². The molecular formula is C22H26N4O3. The fourth-order valence-electron chi connectivity index (χ4n) is 3.25. The van der Waals surface area contributed by atoms with Crippen LogP contribution in [0.1, 0.15) is 25.8 Å². The number of nitrogens with zero attached hydrogens (tertiary/aromatic N) is 1. The third-order valence-electron chi connectivity index (χ3n) is 5.19. The molecule has 0 bridgehead atoms. The van der Waals surface area contributed by atoms with E-state index in [4.69, 9.17) is 0 Å². The molecule has 0 saturated heterocycles. The maximum absolute atomic E-state index is 13.0. The monoisotopic (exact) mass is 394 g/mol. The summed E-state index contributed by atoms with van der Waals surface area (Å²) in [5, 5.41) is 8.50. The van der Waals surface area contributed by atoms with Crippen LogP contribution in [0.15, 0.2) is 48.5 Å². The Balaban J connectivity index is 1.80. The van der Waals surface area contributed by atoms with Gasteiger partial charge in [-0.05, 0) is 36.6 Å². The molecule has 1 heterocycles. The molecule has 0 aromatic heterocycles. The zero-order chi connectivity index (χ0) is 21.0. The van der Waals surface area contributed by atoms with Gasteiger partial charge in [0.2, 0.25) is 11.8 Å². The standard InChI is InChI=1S/C22H26N4O3/c1-4-14(2)20(21(28)24-16-10-6-5-9-15(16)3)25-22(29)26-13-19(27)23-17-11-7-8-12-18(17)26/h5-12,14,20H,4,13H2,1-3H3,(H,23,27)(H,24,28)(H,25,29)/t14-,20+/m1/s1. The van der Waals surface area contributed by atoms with Gasteiger partial charge in [0.15, 0.2) is 0 Å². The van der Waals surface area contributed by atoms with E-state index in [1.165, 1.54) is 4.90 Å². The molecule has 1 aliphatic heterocycles. The van der Waals surface area contributed by atoms with Gasteiger partial charge in [0, 0.05) is 5.69 Å². The van der Waals surface area contributed by atoms with Gasteiger partial charge in [0.25, 0.3) is 0 Å². The number of hydrogen-bond acceptors (Lipinski definition) is 3. The highest BCUT2D eigenvalue weighted by Crippen LogP contribution is 2.29. The number of benzene rings is 2. The van der Waals surface area contributed by atoms with E-state index in [-0.39, 0.29) is 24.3 Å². The van der Waals surface area contributed by atoms with Crippen molar-refractivity contribution in [1.29, 1.82) is 0 Å². The second-order valence-electron chi connectivity index (χ2n) is 7.27. The molecule has 0 unspecified atom stereocenters. The number of carbonyl (C=O) groups excluding carboxylic acids is 3. The fourth-order valence-corrected chi connectivity index (χ4v) is 3.25. The molecule has 1 aliphatic rings. The summed E-state index contributed by atoms with van der Waals surface area (Å²) in [6, 6.07) is 13.4. The summed E-state index contributed by atoms with van der Waals surface area (Å²) >= 11 is 0. The molecule has 3 N–H and O–H groups in total. The van der Waals surface area contributed by atoms with Gasteiger partial charge in [-0.25, -0.2) is 4.79 Å². The van der Waals surface area contributed by atoms with Gasteiger partial charge < -0.3 is 16.0 Å². The van der Waals surface area contributed by atoms with Crippen LogP contribution in [0.4, 0.5) is 21.9 Å². The molecule has 0 aliphatic carbocycles. The molecular weight excluding hydrogens is 368 g/mol. The molecule has 0 fully saturated rings. The number of hydrogen-bond donors (Lipinski definition) is 3. The first-order valence-electron chi connectivity index (χ1n) is 9.74. The number of rotatable bonds is 5. The molecule has 7 heteroatoms. The number of fused-ring (bicyclic) bond motifs is 1. The number of anilines is 3. The van der Waals surface area contributed by atoms with Crippen LogP contribution < -0.4 is 20.9 Å². The maximum atomic E-state index is 13.0. The second kappa shape index (κ2) is 8.77. The summed E-state index contributed by atoms with van der Waals surface area (Å²) in [7, 11) is 0. The molecule has 2 atom stereocenters. The molecule has 7 nitrogen and oxygen atoms in total. The van der Waals surface area contributed by atoms with Crippen molar-refractivity contribution in [2.45, 2.75) is 33.2 Å². The summed E-state index contributed by atoms with van der Waals surface area (Å²) in [6.45, 7) is 5.69. The Labute approximate surface area is 170 Å². The quantitative estimate of drug-likeness (QED) is 0.725. The summed E-state index contributed by atoms with van der Waals surface area (Å²) in [5.41, 5.74) is 2.83. The van der Waals surface area contributed by atoms with Crippen molar-refractivity contribution in [2.75, 3.05) is 22.1 Å². The molecule has 0 saturated carbocycles. The van der Waals surface area contributed by atoms with Crippen LogP contribution in [0.5, 0.6) is 0 Å². The molecule has 4 amide bonds. The van der Waals surface area contributed by atoms with Crippen LogP contribution in [-0.2, 0) is 9.59 Å². The first-order chi connectivity index (χ1) is 13.9. The number of nitrogens with one attached hydrogen (secondary N) is 3. The lowest BCUT2D eigenvalue weighted by atomic mass is 9.98. The highest BCUT2D eigenvalue weighted by atomic mass is 16.2. The maximum Gasteiger partial charge on any atom is 0.323 e. The zero-order valence-electron chi connectivity index (χ0n) is 16.9. The molecule has 2 aromatic carbocycles. The summed E-state index contributed by atoms with van der Waals surface area (Å²) in [6.07, 6.45) is 0.712. The Hall–Kier alpha value is -3.35. The summed E-state index contributed by atoms with van der Waals surface area (Å²) < 4.78 is 0. The Kier molecular flexibility index (Phi) is 6.16. The van der Waals surface area contributed by atoms with E-state index >= 15 is 0 Å². The molecule has 152 valence electrons. The van der Waals surface area contributed by atoms with Crippen molar-refractivity contribution in [3.8, 4) is 0 Å². The van der Waals surface area contributed by atoms with Crippen molar-refractivity contribution in [2.24, 2.45) is 5.92 Å². The minimum atomic E-state index is -0.732.